The van der Waals surface area contributed by atoms with Gasteiger partial charge in [-0.2, -0.15) is 5.10 Å². The average Bonchev–Trinajstić information content (AvgIpc) is 3.26. The van der Waals surface area contributed by atoms with E-state index in [1.54, 1.807) is 27.7 Å². The number of ether oxygens (including phenoxy) is 1. The Morgan fingerprint density at radius 3 is 2.54 bits per heavy atom. The summed E-state index contributed by atoms with van der Waals surface area (Å²) in [6.07, 6.45) is 2.69. The third-order valence-corrected chi connectivity index (χ3v) is 5.81. The maximum Gasteiger partial charge on any atom is 0.426 e. The largest absolute Gasteiger partial charge is 0.443 e. The van der Waals surface area contributed by atoms with Crippen molar-refractivity contribution < 1.29 is 23.4 Å². The van der Waals surface area contributed by atoms with Crippen molar-refractivity contribution in [1.82, 2.24) is 30.5 Å². The van der Waals surface area contributed by atoms with Crippen LogP contribution in [0, 0.1) is 17.6 Å². The molecule has 0 bridgehead atoms. The van der Waals surface area contributed by atoms with Gasteiger partial charge in [-0.1, -0.05) is 26.3 Å². The number of nitrogens with one attached hydrogen (secondary N) is 2. The minimum absolute atomic E-state index is 0.0863. The molecule has 1 unspecified atom stereocenters. The number of hydrogen-bond acceptors (Lipinski definition) is 6. The third-order valence-electron chi connectivity index (χ3n) is 5.47. The molecule has 0 saturated heterocycles. The van der Waals surface area contributed by atoms with Crippen LogP contribution in [0.15, 0.2) is 30.9 Å². The van der Waals surface area contributed by atoms with E-state index in [4.69, 9.17) is 17.0 Å². The number of halogens is 2. The first-order valence-electron chi connectivity index (χ1n) is 11.3. The Hall–Kier alpha value is -2.86. The van der Waals surface area contributed by atoms with Gasteiger partial charge in [-0.25, -0.2) is 28.7 Å². The SMILES string of the molecule is CCC(C)CNC(=S)N(NC(=O)OC(C)(C)C)[C@H](C)[C@](O)(Cn1cncn1)c1ccc(F)cc1F. The van der Waals surface area contributed by atoms with Crippen molar-refractivity contribution in [2.24, 2.45) is 5.92 Å². The lowest BCUT2D eigenvalue weighted by molar-refractivity contribution is -0.0583. The van der Waals surface area contributed by atoms with Gasteiger partial charge in [0.25, 0.3) is 0 Å². The molecule has 2 rings (SSSR count). The van der Waals surface area contributed by atoms with Crippen LogP contribution >= 0.6 is 12.2 Å². The van der Waals surface area contributed by atoms with Crippen LogP contribution in [0.4, 0.5) is 13.6 Å². The van der Waals surface area contributed by atoms with Gasteiger partial charge in [0.05, 0.1) is 12.6 Å². The monoisotopic (exact) mass is 512 g/mol. The van der Waals surface area contributed by atoms with E-state index < -0.39 is 35.0 Å². The zero-order chi connectivity index (χ0) is 26.4. The summed E-state index contributed by atoms with van der Waals surface area (Å²) in [5.74, 6) is -1.48. The number of hydrogen-bond donors (Lipinski definition) is 3. The molecule has 3 N–H and O–H groups in total. The van der Waals surface area contributed by atoms with Crippen LogP contribution in [0.1, 0.15) is 53.5 Å². The first kappa shape index (κ1) is 28.4. The second kappa shape index (κ2) is 11.7. The molecular formula is C23H34F2N6O3S. The lowest BCUT2D eigenvalue weighted by atomic mass is 9.86. The number of carbonyl (C=O) groups is 1. The number of rotatable bonds is 8. The maximum atomic E-state index is 15.0. The van der Waals surface area contributed by atoms with E-state index in [2.05, 4.69) is 20.8 Å². The van der Waals surface area contributed by atoms with Crippen molar-refractivity contribution in [2.75, 3.05) is 6.54 Å². The fraction of sp³-hybridized carbons (Fsp3) is 0.565. The number of hydrazine groups is 1. The molecule has 9 nitrogen and oxygen atoms in total. The number of amides is 1. The van der Waals surface area contributed by atoms with Gasteiger partial charge in [0.15, 0.2) is 5.11 Å². The van der Waals surface area contributed by atoms with Crippen LogP contribution in [-0.4, -0.2) is 54.3 Å². The molecule has 1 aromatic carbocycles. The summed E-state index contributed by atoms with van der Waals surface area (Å²) in [4.78, 5) is 16.5. The zero-order valence-corrected chi connectivity index (χ0v) is 21.7. The highest BCUT2D eigenvalue weighted by atomic mass is 32.1. The molecule has 1 amide bonds. The van der Waals surface area contributed by atoms with Crippen LogP contribution in [0.3, 0.4) is 0 Å². The number of aromatic nitrogens is 3. The van der Waals surface area contributed by atoms with Gasteiger partial charge in [0.1, 0.15) is 35.5 Å². The van der Waals surface area contributed by atoms with E-state index in [1.165, 1.54) is 22.3 Å². The lowest BCUT2D eigenvalue weighted by Crippen LogP contribution is -2.62. The zero-order valence-electron chi connectivity index (χ0n) is 20.9. The predicted molar refractivity (Wildman–Crippen MR) is 131 cm³/mol. The Morgan fingerprint density at radius 1 is 1.31 bits per heavy atom. The molecule has 0 spiro atoms. The molecule has 0 fully saturated rings. The molecule has 0 saturated carbocycles. The van der Waals surface area contributed by atoms with Gasteiger partial charge in [0, 0.05) is 18.2 Å². The summed E-state index contributed by atoms with van der Waals surface area (Å²) in [5.41, 5.74) is -0.478. The Morgan fingerprint density at radius 2 is 2.00 bits per heavy atom. The van der Waals surface area contributed by atoms with E-state index in [9.17, 15) is 18.7 Å². The molecule has 0 radical (unpaired) electrons. The summed E-state index contributed by atoms with van der Waals surface area (Å²) in [7, 11) is 0. The number of aliphatic hydroxyl groups is 1. The summed E-state index contributed by atoms with van der Waals surface area (Å²) < 4.78 is 35.3. The van der Waals surface area contributed by atoms with E-state index >= 15 is 0 Å². The summed E-state index contributed by atoms with van der Waals surface area (Å²) in [6, 6.07) is 1.80. The van der Waals surface area contributed by atoms with Gasteiger partial charge in [-0.15, -0.1) is 0 Å². The number of benzene rings is 1. The molecular weight excluding hydrogens is 478 g/mol. The molecule has 1 heterocycles. The Labute approximate surface area is 209 Å². The van der Waals surface area contributed by atoms with Crippen molar-refractivity contribution in [3.63, 3.8) is 0 Å². The molecule has 3 atom stereocenters. The Bertz CT molecular complexity index is 1000. The van der Waals surface area contributed by atoms with Crippen LogP contribution in [0.25, 0.3) is 0 Å². The molecule has 12 heteroatoms. The van der Waals surface area contributed by atoms with Gasteiger partial charge < -0.3 is 15.2 Å². The minimum Gasteiger partial charge on any atom is -0.443 e. The van der Waals surface area contributed by atoms with Crippen molar-refractivity contribution in [2.45, 2.75) is 71.8 Å². The molecule has 1 aromatic heterocycles. The van der Waals surface area contributed by atoms with Crippen LogP contribution in [0.2, 0.25) is 0 Å². The summed E-state index contributed by atoms with van der Waals surface area (Å²) >= 11 is 5.54. The van der Waals surface area contributed by atoms with Crippen molar-refractivity contribution in [3.8, 4) is 0 Å². The second-order valence-corrected chi connectivity index (χ2v) is 9.89. The van der Waals surface area contributed by atoms with Crippen LogP contribution < -0.4 is 10.7 Å². The highest BCUT2D eigenvalue weighted by molar-refractivity contribution is 7.80. The quantitative estimate of drug-likeness (QED) is 0.365. The lowest BCUT2D eigenvalue weighted by Gasteiger charge is -2.42. The van der Waals surface area contributed by atoms with E-state index in [-0.39, 0.29) is 23.1 Å². The molecule has 194 valence electrons. The van der Waals surface area contributed by atoms with Crippen LogP contribution in [-0.2, 0) is 16.9 Å². The molecule has 2 aromatic rings. The standard InChI is InChI=1S/C23H34F2N6O3S/c1-7-15(2)11-27-20(35)31(29-21(32)34-22(4,5)6)16(3)23(33,12-30-14-26-13-28-30)18-9-8-17(24)10-19(18)25/h8-10,13-16,33H,7,11-12H2,1-6H3,(H,27,35)(H,29,32)/t15?,16-,23-/m1/s1. The second-order valence-electron chi connectivity index (χ2n) is 9.50. The highest BCUT2D eigenvalue weighted by Gasteiger charge is 2.44. The first-order valence-corrected chi connectivity index (χ1v) is 11.7. The molecule has 35 heavy (non-hydrogen) atoms. The van der Waals surface area contributed by atoms with E-state index in [0.717, 1.165) is 18.6 Å². The normalized spacial score (nSPS) is 15.0. The highest BCUT2D eigenvalue weighted by Crippen LogP contribution is 2.32. The van der Waals surface area contributed by atoms with Crippen molar-refractivity contribution >= 4 is 23.4 Å². The molecule has 0 aliphatic heterocycles. The molecule has 0 aliphatic rings. The van der Waals surface area contributed by atoms with Gasteiger partial charge in [-0.3, -0.25) is 5.01 Å². The topological polar surface area (TPSA) is 105 Å². The van der Waals surface area contributed by atoms with Crippen molar-refractivity contribution in [1.29, 1.82) is 0 Å². The van der Waals surface area contributed by atoms with Gasteiger partial charge in [0.2, 0.25) is 0 Å². The van der Waals surface area contributed by atoms with E-state index in [0.29, 0.717) is 12.6 Å². The number of nitrogens with zero attached hydrogens (tertiary/aromatic N) is 4. The van der Waals surface area contributed by atoms with Crippen molar-refractivity contribution in [3.05, 3.63) is 48.1 Å². The first-order chi connectivity index (χ1) is 16.3. The Kier molecular flexibility index (Phi) is 9.50. The third kappa shape index (κ3) is 7.82. The number of carbonyl (C=O) groups excluding carboxylic acids is 1. The fourth-order valence-corrected chi connectivity index (χ4v) is 3.56. The fourth-order valence-electron chi connectivity index (χ4n) is 3.27. The van der Waals surface area contributed by atoms with Gasteiger partial charge in [-0.05, 0) is 51.9 Å². The average molecular weight is 513 g/mol. The summed E-state index contributed by atoms with van der Waals surface area (Å²) in [5, 5.41) is 20.3. The minimum atomic E-state index is -2.04. The maximum absolute atomic E-state index is 15.0. The smallest absolute Gasteiger partial charge is 0.426 e. The number of thiocarbonyl (C=S) groups is 1. The van der Waals surface area contributed by atoms with E-state index in [1.807, 2.05) is 13.8 Å². The van der Waals surface area contributed by atoms with Crippen LogP contribution in [0.5, 0.6) is 0 Å². The van der Waals surface area contributed by atoms with Gasteiger partial charge >= 0.3 is 6.09 Å². The Balaban J connectivity index is 2.50. The molecule has 0 aliphatic carbocycles. The summed E-state index contributed by atoms with van der Waals surface area (Å²) in [6.45, 7) is 11.0. The predicted octanol–water partition coefficient (Wildman–Crippen LogP) is 3.49.